The molecule has 1 N–H and O–H groups in total. The molecule has 3 nitrogen and oxygen atoms in total. The number of nitrogens with zero attached hydrogens (tertiary/aromatic N) is 2. The summed E-state index contributed by atoms with van der Waals surface area (Å²) in [5.74, 6) is 3.42. The summed E-state index contributed by atoms with van der Waals surface area (Å²) < 4.78 is 13.3. The zero-order valence-electron chi connectivity index (χ0n) is 12.0. The van der Waals surface area contributed by atoms with E-state index in [0.717, 1.165) is 47.4 Å². The number of anilines is 1. The van der Waals surface area contributed by atoms with Crippen LogP contribution in [0.3, 0.4) is 0 Å². The quantitative estimate of drug-likeness (QED) is 0.912. The maximum atomic E-state index is 13.3. The molecule has 110 valence electrons. The Labute approximate surface area is 128 Å². The first-order valence-electron chi connectivity index (χ1n) is 7.21. The first kappa shape index (κ1) is 14.3. The van der Waals surface area contributed by atoms with Crippen LogP contribution in [0.25, 0.3) is 0 Å². The van der Waals surface area contributed by atoms with Crippen LogP contribution in [-0.4, -0.2) is 16.5 Å². The van der Waals surface area contributed by atoms with Crippen LogP contribution in [0.1, 0.15) is 36.0 Å². The van der Waals surface area contributed by atoms with Crippen LogP contribution < -0.4 is 5.32 Å². The van der Waals surface area contributed by atoms with Gasteiger partial charge in [-0.3, -0.25) is 0 Å². The van der Waals surface area contributed by atoms with Crippen LogP contribution in [0.2, 0.25) is 0 Å². The summed E-state index contributed by atoms with van der Waals surface area (Å²) in [4.78, 5) is 9.30. The number of fused-ring (bicyclic) bond motifs is 1. The van der Waals surface area contributed by atoms with Gasteiger partial charge in [0.25, 0.3) is 0 Å². The summed E-state index contributed by atoms with van der Waals surface area (Å²) in [5.41, 5.74) is 3.26. The second kappa shape index (κ2) is 6.43. The molecule has 21 heavy (non-hydrogen) atoms. The molecule has 0 aliphatic carbocycles. The van der Waals surface area contributed by atoms with Gasteiger partial charge in [-0.1, -0.05) is 19.1 Å². The highest BCUT2D eigenvalue weighted by molar-refractivity contribution is 7.98. The summed E-state index contributed by atoms with van der Waals surface area (Å²) in [7, 11) is 0. The second-order valence-electron chi connectivity index (χ2n) is 5.14. The van der Waals surface area contributed by atoms with Crippen molar-refractivity contribution >= 4 is 17.6 Å². The van der Waals surface area contributed by atoms with Crippen molar-refractivity contribution in [3.8, 4) is 0 Å². The van der Waals surface area contributed by atoms with Crippen LogP contribution in [0.5, 0.6) is 0 Å². The van der Waals surface area contributed by atoms with Gasteiger partial charge in [-0.15, -0.1) is 0 Å². The van der Waals surface area contributed by atoms with Gasteiger partial charge in [0.1, 0.15) is 17.5 Å². The fourth-order valence-corrected chi connectivity index (χ4v) is 3.44. The first-order chi connectivity index (χ1) is 10.3. The van der Waals surface area contributed by atoms with Crippen molar-refractivity contribution in [2.75, 3.05) is 11.9 Å². The maximum absolute atomic E-state index is 13.3. The molecule has 0 fully saturated rings. The zero-order chi connectivity index (χ0) is 14.7. The predicted octanol–water partition coefficient (Wildman–Crippen LogP) is 3.78. The molecular weight excluding hydrogens is 285 g/mol. The smallest absolute Gasteiger partial charge is 0.135 e. The molecule has 1 aliphatic rings. The van der Waals surface area contributed by atoms with E-state index in [2.05, 4.69) is 22.2 Å². The highest BCUT2D eigenvalue weighted by Crippen LogP contribution is 2.33. The normalized spacial score (nSPS) is 13.2. The number of aromatic nitrogens is 2. The molecule has 1 aliphatic heterocycles. The van der Waals surface area contributed by atoms with Crippen molar-refractivity contribution in [1.29, 1.82) is 0 Å². The molecule has 0 spiro atoms. The van der Waals surface area contributed by atoms with Crippen molar-refractivity contribution in [2.24, 2.45) is 0 Å². The van der Waals surface area contributed by atoms with Crippen LogP contribution in [0, 0.1) is 5.82 Å². The van der Waals surface area contributed by atoms with E-state index in [4.69, 9.17) is 0 Å². The van der Waals surface area contributed by atoms with Crippen LogP contribution in [-0.2, 0) is 17.9 Å². The van der Waals surface area contributed by atoms with Crippen molar-refractivity contribution in [1.82, 2.24) is 9.97 Å². The molecule has 0 saturated heterocycles. The van der Waals surface area contributed by atoms with Gasteiger partial charge in [0.15, 0.2) is 0 Å². The SMILES string of the molecule is CCCNc1nc(Cc2cccc(F)c2)nc2c1CSC2. The van der Waals surface area contributed by atoms with Crippen molar-refractivity contribution in [3.05, 3.63) is 52.7 Å². The van der Waals surface area contributed by atoms with Gasteiger partial charge in [0.05, 0.1) is 5.69 Å². The molecule has 0 amide bonds. The van der Waals surface area contributed by atoms with Crippen LogP contribution >= 0.6 is 11.8 Å². The number of hydrogen-bond donors (Lipinski definition) is 1. The number of benzene rings is 1. The lowest BCUT2D eigenvalue weighted by atomic mass is 10.1. The molecule has 3 rings (SSSR count). The fraction of sp³-hybridized carbons (Fsp3) is 0.375. The van der Waals surface area contributed by atoms with Gasteiger partial charge in [0.2, 0.25) is 0 Å². The lowest BCUT2D eigenvalue weighted by molar-refractivity contribution is 0.625. The van der Waals surface area contributed by atoms with Gasteiger partial charge in [-0.25, -0.2) is 14.4 Å². The van der Waals surface area contributed by atoms with E-state index in [1.54, 1.807) is 12.1 Å². The average Bonchev–Trinajstić information content (AvgIpc) is 2.93. The molecule has 0 saturated carbocycles. The largest absolute Gasteiger partial charge is 0.370 e. The van der Waals surface area contributed by atoms with Crippen molar-refractivity contribution in [3.63, 3.8) is 0 Å². The maximum Gasteiger partial charge on any atom is 0.135 e. The highest BCUT2D eigenvalue weighted by Gasteiger charge is 2.19. The number of hydrogen-bond acceptors (Lipinski definition) is 4. The number of nitrogens with one attached hydrogen (secondary N) is 1. The van der Waals surface area contributed by atoms with Gasteiger partial charge in [0, 0.05) is 30.0 Å². The highest BCUT2D eigenvalue weighted by atomic mass is 32.2. The summed E-state index contributed by atoms with van der Waals surface area (Å²) in [6.07, 6.45) is 1.63. The van der Waals surface area contributed by atoms with Crippen LogP contribution in [0.15, 0.2) is 24.3 Å². The third kappa shape index (κ3) is 3.35. The molecule has 0 atom stereocenters. The summed E-state index contributed by atoms with van der Waals surface area (Å²) >= 11 is 1.87. The first-order valence-corrected chi connectivity index (χ1v) is 8.36. The molecule has 0 bridgehead atoms. The molecule has 1 aromatic heterocycles. The Morgan fingerprint density at radius 1 is 1.29 bits per heavy atom. The summed E-state index contributed by atoms with van der Waals surface area (Å²) in [5, 5.41) is 3.39. The molecule has 2 heterocycles. The Morgan fingerprint density at radius 3 is 3.00 bits per heavy atom. The lowest BCUT2D eigenvalue weighted by Crippen LogP contribution is -2.10. The molecule has 2 aromatic rings. The Morgan fingerprint density at radius 2 is 2.19 bits per heavy atom. The predicted molar refractivity (Wildman–Crippen MR) is 85.0 cm³/mol. The van der Waals surface area contributed by atoms with E-state index < -0.39 is 0 Å². The topological polar surface area (TPSA) is 37.8 Å². The Bertz CT molecular complexity index is 645. The minimum Gasteiger partial charge on any atom is -0.370 e. The minimum atomic E-state index is -0.214. The van der Waals surface area contributed by atoms with Crippen LogP contribution in [0.4, 0.5) is 10.2 Å². The molecule has 1 aromatic carbocycles. The van der Waals surface area contributed by atoms with E-state index in [1.807, 2.05) is 17.8 Å². The van der Waals surface area contributed by atoms with E-state index in [1.165, 1.54) is 11.6 Å². The number of rotatable bonds is 5. The van der Waals surface area contributed by atoms with Gasteiger partial charge >= 0.3 is 0 Å². The van der Waals surface area contributed by atoms with E-state index >= 15 is 0 Å². The number of halogens is 1. The molecule has 0 unspecified atom stereocenters. The average molecular weight is 303 g/mol. The van der Waals surface area contributed by atoms with Gasteiger partial charge in [-0.05, 0) is 24.1 Å². The van der Waals surface area contributed by atoms with E-state index in [-0.39, 0.29) is 5.82 Å². The van der Waals surface area contributed by atoms with Crippen molar-refractivity contribution in [2.45, 2.75) is 31.3 Å². The Balaban J connectivity index is 1.88. The minimum absolute atomic E-state index is 0.214. The molecule has 0 radical (unpaired) electrons. The third-order valence-corrected chi connectivity index (χ3v) is 4.39. The monoisotopic (exact) mass is 303 g/mol. The van der Waals surface area contributed by atoms with Gasteiger partial charge < -0.3 is 5.32 Å². The van der Waals surface area contributed by atoms with Crippen molar-refractivity contribution < 1.29 is 4.39 Å². The summed E-state index contributed by atoms with van der Waals surface area (Å²) in [6, 6.07) is 6.64. The van der Waals surface area contributed by atoms with E-state index in [9.17, 15) is 4.39 Å². The summed E-state index contributed by atoms with van der Waals surface area (Å²) in [6.45, 7) is 3.05. The third-order valence-electron chi connectivity index (χ3n) is 3.42. The molecular formula is C16H18FN3S. The number of thioether (sulfide) groups is 1. The zero-order valence-corrected chi connectivity index (χ0v) is 12.8. The lowest BCUT2D eigenvalue weighted by Gasteiger charge is -2.11. The second-order valence-corrected chi connectivity index (χ2v) is 6.13. The Kier molecular flexibility index (Phi) is 4.39. The molecule has 5 heteroatoms. The fourth-order valence-electron chi connectivity index (χ4n) is 2.40. The van der Waals surface area contributed by atoms with Gasteiger partial charge in [-0.2, -0.15) is 11.8 Å². The Hall–Kier alpha value is -1.62. The standard InChI is InChI=1S/C16H18FN3S/c1-2-6-18-16-13-9-21-10-14(13)19-15(20-16)8-11-4-3-5-12(17)7-11/h3-5,7H,2,6,8-10H2,1H3,(H,18,19,20). The van der Waals surface area contributed by atoms with E-state index in [0.29, 0.717) is 6.42 Å².